The highest BCUT2D eigenvalue weighted by molar-refractivity contribution is 6.07. The van der Waals surface area contributed by atoms with E-state index < -0.39 is 0 Å². The van der Waals surface area contributed by atoms with Gasteiger partial charge in [0.15, 0.2) is 0 Å². The lowest BCUT2D eigenvalue weighted by Gasteiger charge is -1.96. The van der Waals surface area contributed by atoms with Gasteiger partial charge in [-0.05, 0) is 18.6 Å². The molecule has 78 valence electrons. The van der Waals surface area contributed by atoms with Crippen molar-refractivity contribution >= 4 is 5.78 Å². The molecular formula is C11H12N2O2. The molecule has 0 aliphatic rings. The van der Waals surface area contributed by atoms with Gasteiger partial charge in [-0.2, -0.15) is 5.10 Å². The second-order valence-corrected chi connectivity index (χ2v) is 3.34. The predicted molar refractivity (Wildman–Crippen MR) is 54.7 cm³/mol. The van der Waals surface area contributed by atoms with E-state index in [2.05, 4.69) is 5.10 Å². The predicted octanol–water partition coefficient (Wildman–Crippen LogP) is 1.81. The minimum atomic E-state index is -0.0570. The Hall–Kier alpha value is -1.84. The van der Waals surface area contributed by atoms with Gasteiger partial charge in [0.25, 0.3) is 0 Å². The average molecular weight is 204 g/mol. The van der Waals surface area contributed by atoms with Crippen molar-refractivity contribution in [1.82, 2.24) is 9.78 Å². The first-order valence-electron chi connectivity index (χ1n) is 4.82. The van der Waals surface area contributed by atoms with Crippen LogP contribution >= 0.6 is 0 Å². The molecule has 4 nitrogen and oxygen atoms in total. The Bertz CT molecular complexity index is 469. The van der Waals surface area contributed by atoms with Crippen molar-refractivity contribution in [3.05, 3.63) is 41.6 Å². The molecule has 0 N–H and O–H groups in total. The first kappa shape index (κ1) is 9.71. The number of carbonyl (C=O) groups excluding carboxylic acids is 1. The second-order valence-electron chi connectivity index (χ2n) is 3.34. The molecule has 0 bridgehead atoms. The molecule has 2 aromatic heterocycles. The zero-order chi connectivity index (χ0) is 10.8. The van der Waals surface area contributed by atoms with E-state index in [-0.39, 0.29) is 5.78 Å². The molecule has 0 aliphatic heterocycles. The van der Waals surface area contributed by atoms with Crippen LogP contribution in [-0.4, -0.2) is 15.6 Å². The minimum Gasteiger partial charge on any atom is -0.472 e. The SMILES string of the molecule is CCc1cc(C(=O)c2ccoc2)n(C)n1. The maximum absolute atomic E-state index is 11.9. The summed E-state index contributed by atoms with van der Waals surface area (Å²) in [5.74, 6) is -0.0570. The van der Waals surface area contributed by atoms with Gasteiger partial charge in [-0.25, -0.2) is 0 Å². The van der Waals surface area contributed by atoms with Gasteiger partial charge in [0.05, 0.1) is 17.5 Å². The van der Waals surface area contributed by atoms with Crippen LogP contribution < -0.4 is 0 Å². The Kier molecular flexibility index (Phi) is 2.41. The summed E-state index contributed by atoms with van der Waals surface area (Å²) in [5, 5.41) is 4.23. The van der Waals surface area contributed by atoms with Gasteiger partial charge in [-0.1, -0.05) is 6.92 Å². The van der Waals surface area contributed by atoms with Gasteiger partial charge < -0.3 is 4.42 Å². The number of ketones is 1. The fourth-order valence-corrected chi connectivity index (χ4v) is 1.45. The number of carbonyl (C=O) groups is 1. The van der Waals surface area contributed by atoms with E-state index in [0.29, 0.717) is 11.3 Å². The topological polar surface area (TPSA) is 48.0 Å². The first-order valence-corrected chi connectivity index (χ1v) is 4.82. The van der Waals surface area contributed by atoms with E-state index in [9.17, 15) is 4.79 Å². The Balaban J connectivity index is 2.37. The molecule has 0 atom stereocenters. The largest absolute Gasteiger partial charge is 0.472 e. The summed E-state index contributed by atoms with van der Waals surface area (Å²) < 4.78 is 6.48. The van der Waals surface area contributed by atoms with Crippen LogP contribution in [0, 0.1) is 0 Å². The Morgan fingerprint density at radius 1 is 1.60 bits per heavy atom. The molecule has 2 heterocycles. The molecule has 0 spiro atoms. The number of furan rings is 1. The van der Waals surface area contributed by atoms with Gasteiger partial charge in [-0.3, -0.25) is 9.48 Å². The van der Waals surface area contributed by atoms with E-state index in [0.717, 1.165) is 12.1 Å². The van der Waals surface area contributed by atoms with E-state index in [4.69, 9.17) is 4.42 Å². The van der Waals surface area contributed by atoms with Crippen molar-refractivity contribution in [2.75, 3.05) is 0 Å². The van der Waals surface area contributed by atoms with Crippen molar-refractivity contribution in [3.8, 4) is 0 Å². The molecule has 15 heavy (non-hydrogen) atoms. The highest BCUT2D eigenvalue weighted by Gasteiger charge is 2.15. The molecule has 0 radical (unpaired) electrons. The summed E-state index contributed by atoms with van der Waals surface area (Å²) in [6, 6.07) is 3.47. The molecular weight excluding hydrogens is 192 g/mol. The van der Waals surface area contributed by atoms with Crippen molar-refractivity contribution in [1.29, 1.82) is 0 Å². The Labute approximate surface area is 87.5 Å². The maximum atomic E-state index is 11.9. The van der Waals surface area contributed by atoms with Crippen LogP contribution in [0.1, 0.15) is 28.7 Å². The second kappa shape index (κ2) is 3.73. The summed E-state index contributed by atoms with van der Waals surface area (Å²) in [6.07, 6.45) is 3.76. The van der Waals surface area contributed by atoms with Crippen LogP contribution in [-0.2, 0) is 13.5 Å². The number of hydrogen-bond acceptors (Lipinski definition) is 3. The minimum absolute atomic E-state index is 0.0570. The fourth-order valence-electron chi connectivity index (χ4n) is 1.45. The first-order chi connectivity index (χ1) is 7.22. The van der Waals surface area contributed by atoms with Gasteiger partial charge in [0.1, 0.15) is 12.0 Å². The Morgan fingerprint density at radius 2 is 2.40 bits per heavy atom. The standard InChI is InChI=1S/C11H12N2O2/c1-3-9-6-10(13(2)12-9)11(14)8-4-5-15-7-8/h4-7H,3H2,1-2H3. The van der Waals surface area contributed by atoms with Gasteiger partial charge in [0, 0.05) is 7.05 Å². The van der Waals surface area contributed by atoms with Crippen molar-refractivity contribution < 1.29 is 9.21 Å². The monoisotopic (exact) mass is 204 g/mol. The lowest BCUT2D eigenvalue weighted by molar-refractivity contribution is 0.102. The van der Waals surface area contributed by atoms with Crippen LogP contribution in [0.3, 0.4) is 0 Å². The summed E-state index contributed by atoms with van der Waals surface area (Å²) in [6.45, 7) is 2.01. The normalized spacial score (nSPS) is 10.5. The maximum Gasteiger partial charge on any atom is 0.214 e. The lowest BCUT2D eigenvalue weighted by Crippen LogP contribution is -2.07. The summed E-state index contributed by atoms with van der Waals surface area (Å²) >= 11 is 0. The molecule has 0 aliphatic carbocycles. The third-order valence-corrected chi connectivity index (χ3v) is 2.31. The average Bonchev–Trinajstić information content (AvgIpc) is 2.85. The van der Waals surface area contributed by atoms with Gasteiger partial charge >= 0.3 is 0 Å². The van der Waals surface area contributed by atoms with Crippen LogP contribution in [0.25, 0.3) is 0 Å². The third-order valence-electron chi connectivity index (χ3n) is 2.31. The highest BCUT2D eigenvalue weighted by atomic mass is 16.3. The molecule has 0 amide bonds. The van der Waals surface area contributed by atoms with E-state index in [1.54, 1.807) is 17.8 Å². The van der Waals surface area contributed by atoms with Gasteiger partial charge in [0.2, 0.25) is 5.78 Å². The van der Waals surface area contributed by atoms with Crippen LogP contribution in [0.5, 0.6) is 0 Å². The van der Waals surface area contributed by atoms with E-state index >= 15 is 0 Å². The quantitative estimate of drug-likeness (QED) is 0.716. The Morgan fingerprint density at radius 3 is 2.93 bits per heavy atom. The van der Waals surface area contributed by atoms with Gasteiger partial charge in [-0.15, -0.1) is 0 Å². The zero-order valence-corrected chi connectivity index (χ0v) is 8.73. The van der Waals surface area contributed by atoms with Crippen LogP contribution in [0.2, 0.25) is 0 Å². The number of rotatable bonds is 3. The molecule has 2 rings (SSSR count). The number of aryl methyl sites for hydroxylation is 2. The number of hydrogen-bond donors (Lipinski definition) is 0. The molecule has 0 unspecified atom stereocenters. The van der Waals surface area contributed by atoms with Crippen LogP contribution in [0.15, 0.2) is 29.1 Å². The molecule has 2 aromatic rings. The highest BCUT2D eigenvalue weighted by Crippen LogP contribution is 2.11. The van der Waals surface area contributed by atoms with Crippen molar-refractivity contribution in [3.63, 3.8) is 0 Å². The third kappa shape index (κ3) is 1.70. The molecule has 4 heteroatoms. The van der Waals surface area contributed by atoms with E-state index in [1.165, 1.54) is 12.5 Å². The summed E-state index contributed by atoms with van der Waals surface area (Å²) in [5.41, 5.74) is 2.07. The lowest BCUT2D eigenvalue weighted by atomic mass is 10.1. The molecule has 0 saturated heterocycles. The molecule has 0 saturated carbocycles. The zero-order valence-electron chi connectivity index (χ0n) is 8.73. The fraction of sp³-hybridized carbons (Fsp3) is 0.273. The van der Waals surface area contributed by atoms with Crippen molar-refractivity contribution in [2.24, 2.45) is 7.05 Å². The number of nitrogens with zero attached hydrogens (tertiary/aromatic N) is 2. The number of aromatic nitrogens is 2. The van der Waals surface area contributed by atoms with Crippen molar-refractivity contribution in [2.45, 2.75) is 13.3 Å². The van der Waals surface area contributed by atoms with Crippen LogP contribution in [0.4, 0.5) is 0 Å². The summed E-state index contributed by atoms with van der Waals surface area (Å²) in [7, 11) is 1.77. The summed E-state index contributed by atoms with van der Waals surface area (Å²) in [4.78, 5) is 11.9. The molecule has 0 fully saturated rings. The van der Waals surface area contributed by atoms with E-state index in [1.807, 2.05) is 13.0 Å². The molecule has 0 aromatic carbocycles. The smallest absolute Gasteiger partial charge is 0.214 e.